The largest absolute Gasteiger partial charge is 0.508 e. The van der Waals surface area contributed by atoms with E-state index in [1.807, 2.05) is 0 Å². The van der Waals surface area contributed by atoms with E-state index >= 15 is 0 Å². The van der Waals surface area contributed by atoms with Crippen molar-refractivity contribution < 1.29 is 54.0 Å². The van der Waals surface area contributed by atoms with E-state index in [1.54, 1.807) is 12.1 Å². The molecule has 7 amide bonds. The minimum absolute atomic E-state index is 0.000716. The number of aliphatic hydroxyl groups excluding tert-OH is 2. The predicted octanol–water partition coefficient (Wildman–Crippen LogP) is 0.876. The Balaban J connectivity index is 1.54. The van der Waals surface area contributed by atoms with Gasteiger partial charge in [-0.2, -0.15) is 0 Å². The van der Waals surface area contributed by atoms with Crippen LogP contribution < -0.4 is 32.3 Å². The number of benzene rings is 1. The number of fused-ring (bicyclic) bond motifs is 2. The van der Waals surface area contributed by atoms with Crippen LogP contribution in [0, 0.1) is 0 Å². The summed E-state index contributed by atoms with van der Waals surface area (Å²) in [5.74, 6) is -5.53. The number of carbonyl (C=O) groups excluding carboxylic acids is 7. The zero-order chi connectivity index (χ0) is 48.4. The highest BCUT2D eigenvalue weighted by molar-refractivity contribution is 5.98. The summed E-state index contributed by atoms with van der Waals surface area (Å²) in [7, 11) is 0. The summed E-state index contributed by atoms with van der Waals surface area (Å²) < 4.78 is 0. The van der Waals surface area contributed by atoms with Crippen LogP contribution in [0.15, 0.2) is 24.3 Å². The second-order valence-electron chi connectivity index (χ2n) is 18.6. The molecule has 3 saturated heterocycles. The molecular weight excluding hydrogens is 853 g/mol. The molecule has 3 aliphatic rings. The molecule has 66 heavy (non-hydrogen) atoms. The highest BCUT2D eigenvalue weighted by atomic mass is 16.3. The lowest BCUT2D eigenvalue weighted by molar-refractivity contribution is -0.160. The number of nitrogens with one attached hydrogen (secondary N) is 5. The number of nitrogens with two attached hydrogens (primary N) is 1. The molecule has 19 nitrogen and oxygen atoms in total. The minimum Gasteiger partial charge on any atom is -0.508 e. The molecule has 0 aliphatic carbocycles. The average Bonchev–Trinajstić information content (AvgIpc) is 3.87. The Morgan fingerprint density at radius 2 is 1.44 bits per heavy atom. The number of nitrogens with zero attached hydrogens (tertiary/aromatic N) is 2. The van der Waals surface area contributed by atoms with Crippen LogP contribution in [0.2, 0.25) is 0 Å². The van der Waals surface area contributed by atoms with Gasteiger partial charge in [-0.3, -0.25) is 33.6 Å². The number of aryl methyl sites for hydroxylation is 1. The van der Waals surface area contributed by atoms with E-state index in [9.17, 15) is 54.0 Å². The lowest BCUT2D eigenvalue weighted by Gasteiger charge is -2.33. The van der Waals surface area contributed by atoms with Gasteiger partial charge in [-0.1, -0.05) is 89.7 Å². The summed E-state index contributed by atoms with van der Waals surface area (Å²) in [6.07, 6.45) is 10.9. The lowest BCUT2D eigenvalue weighted by atomic mass is 10.0. The zero-order valence-corrected chi connectivity index (χ0v) is 39.1. The maximum atomic E-state index is 14.2. The number of carbonyl (C=O) groups is 7. The molecular formula is C47H76N8O11. The maximum absolute atomic E-state index is 14.2. The van der Waals surface area contributed by atoms with E-state index in [1.165, 1.54) is 64.0 Å². The Kier molecular flexibility index (Phi) is 21.6. The number of phenols is 1. The molecule has 0 saturated carbocycles. The van der Waals surface area contributed by atoms with Crippen molar-refractivity contribution in [3.8, 4) is 5.75 Å². The number of amides is 7. The SMILES string of the molecule is CCCCCCCCCCCCCCC(=O)NC1CCCNC(=O)C2CC(N)CN2C(=O)[C@@](C)(O)NC(=O)C(CCc2ccc(O)cc2)NC(=O)C2C[C@@H](O)CN2C(=O)C([C@@H](C)O)NC1=O. The van der Waals surface area contributed by atoms with Crippen LogP contribution >= 0.6 is 0 Å². The van der Waals surface area contributed by atoms with Gasteiger partial charge in [0.1, 0.15) is 36.0 Å². The first-order valence-corrected chi connectivity index (χ1v) is 24.1. The van der Waals surface area contributed by atoms with Gasteiger partial charge in [0.15, 0.2) is 0 Å². The summed E-state index contributed by atoms with van der Waals surface area (Å²) in [6.45, 7) is 4.07. The van der Waals surface area contributed by atoms with Crippen molar-refractivity contribution >= 4 is 41.4 Å². The van der Waals surface area contributed by atoms with Crippen LogP contribution in [0.4, 0.5) is 0 Å². The predicted molar refractivity (Wildman–Crippen MR) is 245 cm³/mol. The molecule has 11 N–H and O–H groups in total. The summed E-state index contributed by atoms with van der Waals surface area (Å²) in [4.78, 5) is 99.1. The minimum atomic E-state index is -2.58. The summed E-state index contributed by atoms with van der Waals surface area (Å²) >= 11 is 0. The molecule has 1 aromatic carbocycles. The monoisotopic (exact) mass is 929 g/mol. The van der Waals surface area contributed by atoms with Crippen LogP contribution in [0.1, 0.15) is 142 Å². The third-order valence-corrected chi connectivity index (χ3v) is 12.8. The van der Waals surface area contributed by atoms with Crippen LogP contribution in [0.25, 0.3) is 0 Å². The molecule has 3 fully saturated rings. The number of unbranched alkanes of at least 4 members (excludes halogenated alkanes) is 11. The van der Waals surface area contributed by atoms with Gasteiger partial charge >= 0.3 is 0 Å². The van der Waals surface area contributed by atoms with Gasteiger partial charge in [-0.25, -0.2) is 0 Å². The molecule has 9 atom stereocenters. The normalized spacial score (nSPS) is 27.8. The Hall–Kier alpha value is -4.85. The fourth-order valence-corrected chi connectivity index (χ4v) is 8.94. The molecule has 3 aliphatic heterocycles. The van der Waals surface area contributed by atoms with E-state index in [4.69, 9.17) is 5.73 Å². The highest BCUT2D eigenvalue weighted by Gasteiger charge is 2.47. The topological polar surface area (TPSA) is 293 Å². The van der Waals surface area contributed by atoms with Crippen LogP contribution in [0.3, 0.4) is 0 Å². The van der Waals surface area contributed by atoms with Crippen molar-refractivity contribution in [3.05, 3.63) is 29.8 Å². The van der Waals surface area contributed by atoms with Gasteiger partial charge < -0.3 is 62.5 Å². The molecule has 0 spiro atoms. The molecule has 0 radical (unpaired) electrons. The smallest absolute Gasteiger partial charge is 0.276 e. The van der Waals surface area contributed by atoms with Gasteiger partial charge in [-0.15, -0.1) is 0 Å². The summed E-state index contributed by atoms with van der Waals surface area (Å²) in [5, 5.41) is 55.9. The molecule has 0 bridgehead atoms. The standard InChI is InChI=1S/C47H76N8O11/c1-4-5-6-7-8-9-10-11-12-13-14-15-18-39(59)50-35-17-16-25-49-43(62)37-26-32(48)28-55(37)46(65)47(3,66)53-42(61)36(24-21-31-19-22-33(57)23-20-31)51-44(63)38-27-34(58)29-54(38)45(64)40(30(2)56)52-41(35)60/h19-20,22-23,30,32,34-38,40,56-58,66H,4-18,21,24-29,48H2,1-3H3,(H,49,62)(H,50,59)(H,51,63)(H,52,60)(H,53,61)/t30-,32?,34-,35?,36?,37?,38?,40?,47-/m1/s1. The molecule has 4 rings (SSSR count). The third-order valence-electron chi connectivity index (χ3n) is 12.8. The zero-order valence-electron chi connectivity index (χ0n) is 39.1. The van der Waals surface area contributed by atoms with E-state index < -0.39 is 89.6 Å². The summed E-state index contributed by atoms with van der Waals surface area (Å²) in [6, 6.07) is -1.27. The number of aromatic hydroxyl groups is 1. The van der Waals surface area contributed by atoms with Crippen molar-refractivity contribution in [2.45, 2.75) is 197 Å². The fourth-order valence-electron chi connectivity index (χ4n) is 8.94. The molecule has 0 aromatic heterocycles. The Morgan fingerprint density at radius 1 is 0.833 bits per heavy atom. The summed E-state index contributed by atoms with van der Waals surface area (Å²) in [5.41, 5.74) is 4.29. The Labute approximate surface area is 388 Å². The Morgan fingerprint density at radius 3 is 2.06 bits per heavy atom. The first-order valence-electron chi connectivity index (χ1n) is 24.1. The van der Waals surface area contributed by atoms with E-state index in [0.717, 1.165) is 42.4 Å². The lowest BCUT2D eigenvalue weighted by Crippen LogP contribution is -2.64. The molecule has 370 valence electrons. The highest BCUT2D eigenvalue weighted by Crippen LogP contribution is 2.24. The van der Waals surface area contributed by atoms with Crippen molar-refractivity contribution in [3.63, 3.8) is 0 Å². The van der Waals surface area contributed by atoms with E-state index in [0.29, 0.717) is 12.0 Å². The van der Waals surface area contributed by atoms with Crippen LogP contribution in [-0.4, -0.2) is 145 Å². The molecule has 6 unspecified atom stereocenters. The Bertz CT molecular complexity index is 1780. The number of phenolic OH excluding ortho intramolecular Hbond substituents is 1. The van der Waals surface area contributed by atoms with Gasteiger partial charge in [0.25, 0.3) is 5.91 Å². The maximum Gasteiger partial charge on any atom is 0.276 e. The van der Waals surface area contributed by atoms with Crippen LogP contribution in [-0.2, 0) is 40.0 Å². The van der Waals surface area contributed by atoms with Crippen molar-refractivity contribution in [2.75, 3.05) is 19.6 Å². The molecule has 1 aromatic rings. The van der Waals surface area contributed by atoms with Gasteiger partial charge in [0.05, 0.1) is 12.2 Å². The second kappa shape index (κ2) is 26.5. The number of rotatable bonds is 18. The van der Waals surface area contributed by atoms with Gasteiger partial charge in [0, 0.05) is 38.5 Å². The van der Waals surface area contributed by atoms with Crippen molar-refractivity contribution in [1.29, 1.82) is 0 Å². The van der Waals surface area contributed by atoms with E-state index in [-0.39, 0.29) is 76.2 Å². The number of hydrogen-bond acceptors (Lipinski definition) is 12. The molecule has 19 heteroatoms. The average molecular weight is 929 g/mol. The van der Waals surface area contributed by atoms with Crippen molar-refractivity contribution in [2.24, 2.45) is 5.73 Å². The number of aliphatic hydroxyl groups is 3. The first-order chi connectivity index (χ1) is 31.4. The third kappa shape index (κ3) is 16.5. The quantitative estimate of drug-likeness (QED) is 0.0919. The van der Waals surface area contributed by atoms with Gasteiger partial charge in [-0.05, 0) is 70.1 Å². The first kappa shape index (κ1) is 53.8. The van der Waals surface area contributed by atoms with Crippen molar-refractivity contribution in [1.82, 2.24) is 36.4 Å². The number of hydrogen-bond donors (Lipinski definition) is 10. The molecule has 3 heterocycles. The second-order valence-corrected chi connectivity index (χ2v) is 18.6. The van der Waals surface area contributed by atoms with Crippen LogP contribution in [0.5, 0.6) is 5.75 Å². The van der Waals surface area contributed by atoms with E-state index in [2.05, 4.69) is 33.5 Å². The van der Waals surface area contributed by atoms with Gasteiger partial charge in [0.2, 0.25) is 41.2 Å². The fraction of sp³-hybridized carbons (Fsp3) is 0.723.